The molecular formula is C35H45NO4. The molecule has 3 aromatic carbocycles. The highest BCUT2D eigenvalue weighted by atomic mass is 16.5. The zero-order valence-corrected chi connectivity index (χ0v) is 24.8. The van der Waals surface area contributed by atoms with E-state index in [2.05, 4.69) is 82.4 Å². The van der Waals surface area contributed by atoms with Gasteiger partial charge in [-0.25, -0.2) is 0 Å². The van der Waals surface area contributed by atoms with E-state index in [-0.39, 0.29) is 24.8 Å². The number of carboxylic acid groups (broad SMARTS) is 1. The maximum atomic E-state index is 13.7. The summed E-state index contributed by atoms with van der Waals surface area (Å²) in [5, 5.41) is 12.5. The van der Waals surface area contributed by atoms with E-state index in [0.717, 1.165) is 35.1 Å². The first-order chi connectivity index (χ1) is 19.1. The molecule has 1 amide bonds. The highest BCUT2D eigenvalue weighted by Crippen LogP contribution is 2.26. The molecule has 0 aliphatic heterocycles. The van der Waals surface area contributed by atoms with Crippen molar-refractivity contribution in [2.75, 3.05) is 0 Å². The molecule has 0 heterocycles. The first kappa shape index (κ1) is 30.9. The quantitative estimate of drug-likeness (QED) is 0.190. The smallest absolute Gasteiger partial charge is 0.303 e. The molecule has 5 heteroatoms. The molecule has 0 saturated heterocycles. The first-order valence-electron chi connectivity index (χ1n) is 14.6. The fourth-order valence-corrected chi connectivity index (χ4v) is 5.06. The van der Waals surface area contributed by atoms with Crippen LogP contribution >= 0.6 is 0 Å². The third-order valence-electron chi connectivity index (χ3n) is 7.09. The summed E-state index contributed by atoms with van der Waals surface area (Å²) < 4.78 is 6.09. The van der Waals surface area contributed by atoms with Gasteiger partial charge >= 0.3 is 5.97 Å². The summed E-state index contributed by atoms with van der Waals surface area (Å²) in [5.41, 5.74) is 6.95. The highest BCUT2D eigenvalue weighted by molar-refractivity contribution is 5.96. The Morgan fingerprint density at radius 1 is 0.875 bits per heavy atom. The summed E-state index contributed by atoms with van der Waals surface area (Å²) in [4.78, 5) is 25.0. The Labute approximate surface area is 240 Å². The Morgan fingerprint density at radius 2 is 1.55 bits per heavy atom. The van der Waals surface area contributed by atoms with Crippen LogP contribution in [-0.2, 0) is 24.2 Å². The number of hydrogen-bond acceptors (Lipinski definition) is 3. The Kier molecular flexibility index (Phi) is 11.8. The molecule has 40 heavy (non-hydrogen) atoms. The Balaban J connectivity index is 1.80. The van der Waals surface area contributed by atoms with Crippen LogP contribution in [0.15, 0.2) is 60.7 Å². The lowest BCUT2D eigenvalue weighted by Crippen LogP contribution is -2.30. The van der Waals surface area contributed by atoms with Gasteiger partial charge in [0.15, 0.2) is 0 Å². The Morgan fingerprint density at radius 3 is 2.17 bits per heavy atom. The molecule has 0 fully saturated rings. The Bertz CT molecular complexity index is 1240. The largest absolute Gasteiger partial charge is 0.489 e. The minimum atomic E-state index is -0.891. The molecule has 1 atom stereocenters. The van der Waals surface area contributed by atoms with Crippen molar-refractivity contribution in [2.45, 2.75) is 92.2 Å². The zero-order chi connectivity index (χ0) is 29.1. The predicted octanol–water partition coefficient (Wildman–Crippen LogP) is 8.15. The maximum Gasteiger partial charge on any atom is 0.303 e. The van der Waals surface area contributed by atoms with Crippen LogP contribution in [0.3, 0.4) is 0 Å². The first-order valence-corrected chi connectivity index (χ1v) is 14.6. The number of carbonyl (C=O) groups excluding carboxylic acids is 1. The molecule has 0 saturated carbocycles. The van der Waals surface area contributed by atoms with Crippen molar-refractivity contribution in [3.8, 4) is 5.75 Å². The van der Waals surface area contributed by atoms with Gasteiger partial charge in [0, 0.05) is 12.0 Å². The van der Waals surface area contributed by atoms with E-state index in [9.17, 15) is 14.7 Å². The number of nitrogens with one attached hydrogen (secondary N) is 1. The fraction of sp³-hybridized carbons (Fsp3) is 0.429. The second-order valence-electron chi connectivity index (χ2n) is 11.4. The number of carbonyl (C=O) groups is 2. The van der Waals surface area contributed by atoms with Crippen LogP contribution < -0.4 is 10.1 Å². The van der Waals surface area contributed by atoms with Crippen molar-refractivity contribution in [1.82, 2.24) is 5.32 Å². The van der Waals surface area contributed by atoms with Crippen molar-refractivity contribution in [3.05, 3.63) is 99.6 Å². The van der Waals surface area contributed by atoms with E-state index < -0.39 is 5.97 Å². The third kappa shape index (κ3) is 9.86. The molecule has 1 unspecified atom stereocenters. The average Bonchev–Trinajstić information content (AvgIpc) is 2.90. The molecule has 214 valence electrons. The second-order valence-corrected chi connectivity index (χ2v) is 11.4. The molecule has 2 N–H and O–H groups in total. The zero-order valence-electron chi connectivity index (χ0n) is 24.8. The van der Waals surface area contributed by atoms with Crippen LogP contribution in [-0.4, -0.2) is 17.0 Å². The number of aliphatic carboxylic acids is 1. The minimum Gasteiger partial charge on any atom is -0.489 e. The van der Waals surface area contributed by atoms with Crippen molar-refractivity contribution in [3.63, 3.8) is 0 Å². The number of ether oxygens (including phenoxy) is 1. The van der Waals surface area contributed by atoms with Crippen molar-refractivity contribution < 1.29 is 19.4 Å². The second kappa shape index (κ2) is 15.3. The van der Waals surface area contributed by atoms with Gasteiger partial charge in [-0.15, -0.1) is 0 Å². The molecule has 0 aliphatic rings. The lowest BCUT2D eigenvalue weighted by molar-refractivity contribution is -0.136. The lowest BCUT2D eigenvalue weighted by atomic mass is 9.93. The third-order valence-corrected chi connectivity index (χ3v) is 7.09. The number of rotatable bonds is 15. The summed E-state index contributed by atoms with van der Waals surface area (Å²) in [6.07, 6.45) is 5.77. The standard InChI is InChI=1S/C35H45NO4/c1-6-7-8-9-27-10-12-28(13-11-27)23-40-31-16-14-29(15-17-34(37)38)32(22-31)35(39)36-33(18-24(2)3)30-20-25(4)19-26(5)21-30/h10-14,16,19-22,24,33H,6-9,15,17-18,23H2,1-5H3,(H,36,39)(H,37,38). The van der Waals surface area contributed by atoms with Crippen LogP contribution in [0, 0.1) is 19.8 Å². The van der Waals surface area contributed by atoms with Gasteiger partial charge in [-0.2, -0.15) is 0 Å². The van der Waals surface area contributed by atoms with Crippen LogP contribution in [0.25, 0.3) is 0 Å². The summed E-state index contributed by atoms with van der Waals surface area (Å²) >= 11 is 0. The molecule has 3 aromatic rings. The molecule has 0 spiro atoms. The summed E-state index contributed by atoms with van der Waals surface area (Å²) in [6, 6.07) is 20.1. The summed E-state index contributed by atoms with van der Waals surface area (Å²) in [7, 11) is 0. The molecule has 0 bridgehead atoms. The van der Waals surface area contributed by atoms with Crippen molar-refractivity contribution in [2.24, 2.45) is 5.92 Å². The van der Waals surface area contributed by atoms with Gasteiger partial charge in [-0.1, -0.05) is 93.3 Å². The number of benzene rings is 3. The van der Waals surface area contributed by atoms with Crippen LogP contribution in [0.5, 0.6) is 5.75 Å². The Hall–Kier alpha value is -3.60. The molecule has 3 rings (SSSR count). The van der Waals surface area contributed by atoms with Gasteiger partial charge in [0.2, 0.25) is 0 Å². The van der Waals surface area contributed by atoms with Gasteiger partial charge < -0.3 is 15.2 Å². The minimum absolute atomic E-state index is 0.0441. The van der Waals surface area contributed by atoms with E-state index in [0.29, 0.717) is 29.4 Å². The molecular weight excluding hydrogens is 498 g/mol. The van der Waals surface area contributed by atoms with Gasteiger partial charge in [-0.3, -0.25) is 9.59 Å². The number of aryl methyl sites for hydroxylation is 4. The van der Waals surface area contributed by atoms with Gasteiger partial charge in [0.1, 0.15) is 12.4 Å². The summed E-state index contributed by atoms with van der Waals surface area (Å²) in [6.45, 7) is 11.0. The van der Waals surface area contributed by atoms with E-state index in [4.69, 9.17) is 4.74 Å². The van der Waals surface area contributed by atoms with Crippen molar-refractivity contribution >= 4 is 11.9 Å². The van der Waals surface area contributed by atoms with Crippen LogP contribution in [0.2, 0.25) is 0 Å². The topological polar surface area (TPSA) is 75.6 Å². The van der Waals surface area contributed by atoms with Crippen LogP contribution in [0.4, 0.5) is 0 Å². The SMILES string of the molecule is CCCCCc1ccc(COc2ccc(CCC(=O)O)c(C(=O)NC(CC(C)C)c3cc(C)cc(C)c3)c2)cc1. The number of carboxylic acids is 1. The van der Waals surface area contributed by atoms with Gasteiger partial charge in [0.05, 0.1) is 6.04 Å². The fourth-order valence-electron chi connectivity index (χ4n) is 5.06. The molecule has 5 nitrogen and oxygen atoms in total. The van der Waals surface area contributed by atoms with E-state index in [1.807, 2.05) is 12.1 Å². The van der Waals surface area contributed by atoms with Gasteiger partial charge in [-0.05, 0) is 79.8 Å². The lowest BCUT2D eigenvalue weighted by Gasteiger charge is -2.23. The van der Waals surface area contributed by atoms with Gasteiger partial charge in [0.25, 0.3) is 5.91 Å². The monoisotopic (exact) mass is 543 g/mol. The normalized spacial score (nSPS) is 11.8. The van der Waals surface area contributed by atoms with E-state index >= 15 is 0 Å². The van der Waals surface area contributed by atoms with E-state index in [1.54, 1.807) is 6.07 Å². The molecule has 0 aromatic heterocycles. The van der Waals surface area contributed by atoms with Crippen molar-refractivity contribution in [1.29, 1.82) is 0 Å². The molecule has 0 aliphatic carbocycles. The predicted molar refractivity (Wildman–Crippen MR) is 162 cm³/mol. The number of unbranched alkanes of at least 4 members (excludes halogenated alkanes) is 2. The number of amides is 1. The van der Waals surface area contributed by atoms with E-state index in [1.165, 1.54) is 24.8 Å². The number of hydrogen-bond donors (Lipinski definition) is 2. The molecule has 0 radical (unpaired) electrons. The van der Waals surface area contributed by atoms with Crippen LogP contribution in [0.1, 0.15) is 103 Å². The maximum absolute atomic E-state index is 13.7. The average molecular weight is 544 g/mol. The summed E-state index contributed by atoms with van der Waals surface area (Å²) in [5.74, 6) is -0.141. The highest BCUT2D eigenvalue weighted by Gasteiger charge is 2.21.